The van der Waals surface area contributed by atoms with Gasteiger partial charge in [-0.1, -0.05) is 48.5 Å². The Morgan fingerprint density at radius 3 is 2.13 bits per heavy atom. The van der Waals surface area contributed by atoms with Crippen LogP contribution in [0.4, 0.5) is 0 Å². The predicted octanol–water partition coefficient (Wildman–Crippen LogP) is 5.38. The lowest BCUT2D eigenvalue weighted by atomic mass is 9.96. The van der Waals surface area contributed by atoms with Gasteiger partial charge in [-0.3, -0.25) is 0 Å². The normalized spacial score (nSPS) is 11.3. The van der Waals surface area contributed by atoms with Gasteiger partial charge in [0.05, 0.1) is 11.2 Å². The Hall–Kier alpha value is -2.74. The summed E-state index contributed by atoms with van der Waals surface area (Å²) >= 11 is 0. The van der Waals surface area contributed by atoms with Gasteiger partial charge in [-0.25, -0.2) is 9.97 Å². The van der Waals surface area contributed by atoms with E-state index in [4.69, 9.17) is 9.97 Å². The van der Waals surface area contributed by atoms with Gasteiger partial charge in [-0.15, -0.1) is 0 Å². The number of nitrogens with zero attached hydrogens (tertiary/aromatic N) is 2. The molecule has 0 N–H and O–H groups in total. The van der Waals surface area contributed by atoms with E-state index in [1.165, 1.54) is 21.9 Å². The van der Waals surface area contributed by atoms with E-state index in [9.17, 15) is 0 Å². The second-order valence-corrected chi connectivity index (χ2v) is 6.07. The van der Waals surface area contributed by atoms with Crippen molar-refractivity contribution in [3.05, 3.63) is 71.5 Å². The molecule has 0 aliphatic heterocycles. The first-order valence-electron chi connectivity index (χ1n) is 7.88. The highest BCUT2D eigenvalue weighted by Gasteiger charge is 2.12. The maximum Gasteiger partial charge on any atom is 0.126 e. The van der Waals surface area contributed by atoms with Crippen LogP contribution in [-0.4, -0.2) is 9.97 Å². The van der Waals surface area contributed by atoms with E-state index in [1.807, 2.05) is 13.0 Å². The highest BCUT2D eigenvalue weighted by atomic mass is 14.9. The number of hydrogen-bond acceptors (Lipinski definition) is 2. The van der Waals surface area contributed by atoms with Crippen LogP contribution in [0.25, 0.3) is 32.9 Å². The lowest BCUT2D eigenvalue weighted by Crippen LogP contribution is -1.96. The van der Waals surface area contributed by atoms with Gasteiger partial charge in [0.15, 0.2) is 0 Å². The molecular formula is C21H18N2. The number of aromatic nitrogens is 2. The van der Waals surface area contributed by atoms with Gasteiger partial charge < -0.3 is 0 Å². The maximum atomic E-state index is 4.78. The van der Waals surface area contributed by atoms with E-state index < -0.39 is 0 Å². The molecule has 0 saturated carbocycles. The largest absolute Gasteiger partial charge is 0.233 e. The van der Waals surface area contributed by atoms with Crippen molar-refractivity contribution in [2.45, 2.75) is 20.8 Å². The number of hydrogen-bond donors (Lipinski definition) is 0. The van der Waals surface area contributed by atoms with Crippen LogP contribution in [0.15, 0.2) is 54.6 Å². The van der Waals surface area contributed by atoms with Crippen molar-refractivity contribution in [2.24, 2.45) is 0 Å². The molecule has 0 aliphatic carbocycles. The third-order valence-electron chi connectivity index (χ3n) is 4.43. The van der Waals surface area contributed by atoms with Gasteiger partial charge in [-0.2, -0.15) is 0 Å². The average molecular weight is 298 g/mol. The minimum Gasteiger partial charge on any atom is -0.233 e. The van der Waals surface area contributed by atoms with Gasteiger partial charge in [-0.05, 0) is 43.4 Å². The van der Waals surface area contributed by atoms with Gasteiger partial charge in [0.25, 0.3) is 0 Å². The first-order chi connectivity index (χ1) is 11.1. The molecule has 4 aromatic rings. The van der Waals surface area contributed by atoms with E-state index in [-0.39, 0.29) is 0 Å². The lowest BCUT2D eigenvalue weighted by molar-refractivity contribution is 1.10. The highest BCUT2D eigenvalue weighted by Crippen LogP contribution is 2.33. The van der Waals surface area contributed by atoms with Gasteiger partial charge in [0.1, 0.15) is 5.82 Å². The molecule has 0 unspecified atom stereocenters. The average Bonchev–Trinajstić information content (AvgIpc) is 2.57. The van der Waals surface area contributed by atoms with Crippen LogP contribution < -0.4 is 0 Å². The van der Waals surface area contributed by atoms with E-state index >= 15 is 0 Å². The van der Waals surface area contributed by atoms with Crippen LogP contribution in [0.3, 0.4) is 0 Å². The highest BCUT2D eigenvalue weighted by molar-refractivity contribution is 6.11. The van der Waals surface area contributed by atoms with E-state index in [0.717, 1.165) is 28.0 Å². The van der Waals surface area contributed by atoms with Crippen LogP contribution in [0.1, 0.15) is 17.0 Å². The molecule has 0 saturated heterocycles. The topological polar surface area (TPSA) is 25.8 Å². The first-order valence-corrected chi connectivity index (χ1v) is 7.88. The summed E-state index contributed by atoms with van der Waals surface area (Å²) in [6.07, 6.45) is 0. The fourth-order valence-corrected chi connectivity index (χ4v) is 3.27. The van der Waals surface area contributed by atoms with Crippen molar-refractivity contribution in [3.8, 4) is 11.3 Å². The summed E-state index contributed by atoms with van der Waals surface area (Å²) in [6, 6.07) is 19.1. The van der Waals surface area contributed by atoms with Crippen LogP contribution >= 0.6 is 0 Å². The quantitative estimate of drug-likeness (QED) is 0.441. The summed E-state index contributed by atoms with van der Waals surface area (Å²) < 4.78 is 0. The van der Waals surface area contributed by atoms with Crippen LogP contribution in [-0.2, 0) is 0 Å². The molecule has 0 bridgehead atoms. The van der Waals surface area contributed by atoms with Crippen molar-refractivity contribution < 1.29 is 0 Å². The fourth-order valence-electron chi connectivity index (χ4n) is 3.27. The molecule has 112 valence electrons. The predicted molar refractivity (Wildman–Crippen MR) is 96.7 cm³/mol. The Bertz CT molecular complexity index is 1030. The standard InChI is InChI=1S/C21H18N2/c1-13-9-10-14(2)19-17(13)11-12-18-20(16-7-5-4-6-8-16)22-15(3)23-21(18)19/h4-12H,1-3H3. The zero-order valence-electron chi connectivity index (χ0n) is 13.6. The molecule has 0 radical (unpaired) electrons. The molecule has 0 spiro atoms. The van der Waals surface area contributed by atoms with Crippen molar-refractivity contribution >= 4 is 21.7 Å². The molecule has 2 nitrogen and oxygen atoms in total. The Labute approximate surface area is 135 Å². The molecule has 0 aliphatic rings. The van der Waals surface area contributed by atoms with E-state index in [0.29, 0.717) is 0 Å². The minimum atomic E-state index is 0.810. The minimum absolute atomic E-state index is 0.810. The molecule has 4 rings (SSSR count). The second kappa shape index (κ2) is 5.17. The zero-order valence-corrected chi connectivity index (χ0v) is 13.6. The number of rotatable bonds is 1. The van der Waals surface area contributed by atoms with Crippen LogP contribution in [0.5, 0.6) is 0 Å². The molecule has 0 atom stereocenters. The Kier molecular flexibility index (Phi) is 3.12. The maximum absolute atomic E-state index is 4.78. The third kappa shape index (κ3) is 2.18. The van der Waals surface area contributed by atoms with Crippen molar-refractivity contribution in [3.63, 3.8) is 0 Å². The monoisotopic (exact) mass is 298 g/mol. The van der Waals surface area contributed by atoms with Crippen LogP contribution in [0.2, 0.25) is 0 Å². The number of benzene rings is 3. The Morgan fingerprint density at radius 2 is 1.35 bits per heavy atom. The Balaban J connectivity index is 2.20. The van der Waals surface area contributed by atoms with Crippen LogP contribution in [0, 0.1) is 20.8 Å². The first kappa shape index (κ1) is 13.9. The fraction of sp³-hybridized carbons (Fsp3) is 0.143. The molecule has 0 amide bonds. The van der Waals surface area contributed by atoms with Crippen molar-refractivity contribution in [1.82, 2.24) is 9.97 Å². The van der Waals surface area contributed by atoms with Crippen molar-refractivity contribution in [2.75, 3.05) is 0 Å². The lowest BCUT2D eigenvalue weighted by Gasteiger charge is -2.12. The Morgan fingerprint density at radius 1 is 0.652 bits per heavy atom. The summed E-state index contributed by atoms with van der Waals surface area (Å²) in [5.41, 5.74) is 5.73. The van der Waals surface area contributed by atoms with E-state index in [2.05, 4.69) is 62.4 Å². The second-order valence-electron chi connectivity index (χ2n) is 6.07. The summed E-state index contributed by atoms with van der Waals surface area (Å²) in [6.45, 7) is 6.27. The summed E-state index contributed by atoms with van der Waals surface area (Å²) in [7, 11) is 0. The summed E-state index contributed by atoms with van der Waals surface area (Å²) in [5.74, 6) is 0.810. The summed E-state index contributed by atoms with van der Waals surface area (Å²) in [5, 5.41) is 3.63. The zero-order chi connectivity index (χ0) is 16.0. The molecule has 23 heavy (non-hydrogen) atoms. The summed E-state index contributed by atoms with van der Waals surface area (Å²) in [4.78, 5) is 9.50. The number of fused-ring (bicyclic) bond motifs is 3. The SMILES string of the molecule is Cc1nc(-c2ccccc2)c2ccc3c(C)ccc(C)c3c2n1. The molecule has 2 heteroatoms. The molecule has 1 heterocycles. The van der Waals surface area contributed by atoms with E-state index in [1.54, 1.807) is 0 Å². The molecular weight excluding hydrogens is 280 g/mol. The molecule has 3 aromatic carbocycles. The smallest absolute Gasteiger partial charge is 0.126 e. The molecule has 1 aromatic heterocycles. The van der Waals surface area contributed by atoms with Gasteiger partial charge in [0.2, 0.25) is 0 Å². The van der Waals surface area contributed by atoms with Gasteiger partial charge >= 0.3 is 0 Å². The van der Waals surface area contributed by atoms with Gasteiger partial charge in [0, 0.05) is 16.3 Å². The van der Waals surface area contributed by atoms with Crippen molar-refractivity contribution in [1.29, 1.82) is 0 Å². The molecule has 0 fully saturated rings. The third-order valence-corrected chi connectivity index (χ3v) is 4.43. The number of aryl methyl sites for hydroxylation is 3.